The summed E-state index contributed by atoms with van der Waals surface area (Å²) in [5, 5.41) is 0. The summed E-state index contributed by atoms with van der Waals surface area (Å²) in [6, 6.07) is 19.7. The van der Waals surface area contributed by atoms with Crippen LogP contribution in [-0.4, -0.2) is 0 Å². The molecule has 0 saturated heterocycles. The van der Waals surface area contributed by atoms with E-state index in [0.717, 1.165) is 5.56 Å². The van der Waals surface area contributed by atoms with Gasteiger partial charge in [-0.25, -0.2) is 18.1 Å². The Labute approximate surface area is 136 Å². The standard InChI is InChI=1S/C8H11.C8H7.2ClH.Zr/c2*1-7(2)8-5-3-4-6-8;;;/h3-7H,1-2H3;7H,1-2H3;2*1H;/q-1;-5;;;+2/p-2. The van der Waals surface area contributed by atoms with Gasteiger partial charge in [0.2, 0.25) is 0 Å². The summed E-state index contributed by atoms with van der Waals surface area (Å²) in [4.78, 5) is 0. The van der Waals surface area contributed by atoms with E-state index >= 15 is 0 Å². The van der Waals surface area contributed by atoms with Gasteiger partial charge in [-0.3, -0.25) is 0 Å². The van der Waals surface area contributed by atoms with Gasteiger partial charge in [-0.2, -0.15) is 17.7 Å². The minimum atomic E-state index is -0.826. The second-order valence-electron chi connectivity index (χ2n) is 4.51. The molecule has 0 fully saturated rings. The van der Waals surface area contributed by atoms with Crippen LogP contribution < -0.4 is 0 Å². The molecule has 0 spiro atoms. The normalized spacial score (nSPS) is 9.47. The van der Waals surface area contributed by atoms with Crippen molar-refractivity contribution in [3.63, 3.8) is 0 Å². The maximum absolute atomic E-state index is 4.93. The Hall–Kier alpha value is 0.163. The van der Waals surface area contributed by atoms with E-state index in [1.165, 1.54) is 5.56 Å². The third-order valence-corrected chi connectivity index (χ3v) is 2.39. The van der Waals surface area contributed by atoms with Crippen molar-refractivity contribution < 1.29 is 20.8 Å². The molecule has 0 aliphatic carbocycles. The van der Waals surface area contributed by atoms with Gasteiger partial charge >= 0.3 is 37.9 Å². The van der Waals surface area contributed by atoms with Crippen molar-refractivity contribution >= 4 is 17.0 Å². The van der Waals surface area contributed by atoms with Crippen LogP contribution in [0.25, 0.3) is 0 Å². The van der Waals surface area contributed by atoms with Crippen molar-refractivity contribution in [2.45, 2.75) is 39.5 Å². The molecule has 0 radical (unpaired) electrons. The summed E-state index contributed by atoms with van der Waals surface area (Å²) < 4.78 is 0. The van der Waals surface area contributed by atoms with Gasteiger partial charge in [0, 0.05) is 0 Å². The molecule has 0 atom stereocenters. The number of halogens is 2. The topological polar surface area (TPSA) is 0 Å². The van der Waals surface area contributed by atoms with Crippen LogP contribution in [0.4, 0.5) is 0 Å². The minimum absolute atomic E-state index is 0.512. The van der Waals surface area contributed by atoms with Crippen LogP contribution in [0.2, 0.25) is 0 Å². The van der Waals surface area contributed by atoms with Crippen LogP contribution >= 0.6 is 17.0 Å². The average molecular weight is 372 g/mol. The van der Waals surface area contributed by atoms with Gasteiger partial charge in [0.15, 0.2) is 0 Å². The molecule has 106 valence electrons. The van der Waals surface area contributed by atoms with Crippen molar-refractivity contribution in [2.24, 2.45) is 0 Å². The first kappa shape index (κ1) is 19.2. The van der Waals surface area contributed by atoms with Crippen LogP contribution in [0.1, 0.15) is 50.7 Å². The Morgan fingerprint density at radius 2 is 1.32 bits per heavy atom. The van der Waals surface area contributed by atoms with Crippen LogP contribution in [-0.2, 0) is 20.8 Å². The van der Waals surface area contributed by atoms with Gasteiger partial charge in [0.25, 0.3) is 0 Å². The first-order valence-corrected chi connectivity index (χ1v) is 12.4. The molecule has 0 heterocycles. The molecular formula is C16H18Cl2Zr-6. The second-order valence-corrected chi connectivity index (χ2v) is 8.24. The zero-order valence-electron chi connectivity index (χ0n) is 11.7. The summed E-state index contributed by atoms with van der Waals surface area (Å²) in [6.45, 7) is 8.61. The fraction of sp³-hybridized carbons (Fsp3) is 0.375. The average Bonchev–Trinajstić information content (AvgIpc) is 3.05. The molecule has 2 rings (SSSR count). The summed E-state index contributed by atoms with van der Waals surface area (Å²) in [5.41, 5.74) is 2.51. The Morgan fingerprint density at radius 3 is 1.53 bits per heavy atom. The Morgan fingerprint density at radius 1 is 0.895 bits per heavy atom. The maximum atomic E-state index is 4.93. The monoisotopic (exact) mass is 370 g/mol. The van der Waals surface area contributed by atoms with E-state index in [1.807, 2.05) is 0 Å². The molecule has 19 heavy (non-hydrogen) atoms. The van der Waals surface area contributed by atoms with E-state index in [0.29, 0.717) is 11.8 Å². The van der Waals surface area contributed by atoms with Crippen LogP contribution in [0, 0.1) is 24.3 Å². The van der Waals surface area contributed by atoms with Gasteiger partial charge in [0.05, 0.1) is 0 Å². The number of hydrogen-bond acceptors (Lipinski definition) is 0. The third-order valence-electron chi connectivity index (χ3n) is 2.39. The molecule has 0 aromatic heterocycles. The van der Waals surface area contributed by atoms with Gasteiger partial charge in [-0.1, -0.05) is 33.6 Å². The Bertz CT molecular complexity index is 337. The molecule has 2 aromatic carbocycles. The van der Waals surface area contributed by atoms with Crippen molar-refractivity contribution in [1.29, 1.82) is 0 Å². The Balaban J connectivity index is 0.000000284. The van der Waals surface area contributed by atoms with Crippen LogP contribution in [0.3, 0.4) is 0 Å². The van der Waals surface area contributed by atoms with E-state index in [2.05, 4.69) is 76.2 Å². The SMILES string of the molecule is CC(C)[c-]1[c-][c-][c-][c-]1.CC(C)[c-]1cccc1.[Cl][Zr][Cl]. The van der Waals surface area contributed by atoms with Crippen LogP contribution in [0.5, 0.6) is 0 Å². The molecule has 3 heteroatoms. The van der Waals surface area contributed by atoms with Crippen molar-refractivity contribution in [2.75, 3.05) is 0 Å². The van der Waals surface area contributed by atoms with Crippen molar-refractivity contribution in [1.82, 2.24) is 0 Å². The first-order valence-electron chi connectivity index (χ1n) is 6.09. The van der Waals surface area contributed by atoms with Gasteiger partial charge in [0.1, 0.15) is 0 Å². The molecule has 0 nitrogen and oxygen atoms in total. The first-order chi connectivity index (χ1) is 9.02. The van der Waals surface area contributed by atoms with E-state index < -0.39 is 20.8 Å². The molecule has 0 aliphatic heterocycles. The fourth-order valence-electron chi connectivity index (χ4n) is 1.29. The predicted molar refractivity (Wildman–Crippen MR) is 79.3 cm³/mol. The predicted octanol–water partition coefficient (Wildman–Crippen LogP) is 5.64. The molecule has 0 bridgehead atoms. The molecule has 0 saturated carbocycles. The zero-order chi connectivity index (χ0) is 14.7. The zero-order valence-corrected chi connectivity index (χ0v) is 15.7. The number of hydrogen-bond donors (Lipinski definition) is 0. The van der Waals surface area contributed by atoms with Gasteiger partial charge in [-0.05, 0) is 0 Å². The molecule has 2 aromatic rings. The summed E-state index contributed by atoms with van der Waals surface area (Å²) >= 11 is -0.826. The van der Waals surface area contributed by atoms with Gasteiger partial charge in [-0.15, -0.1) is 0 Å². The second kappa shape index (κ2) is 11.9. The Kier molecular flexibility index (Phi) is 12.0. The molecule has 0 N–H and O–H groups in total. The van der Waals surface area contributed by atoms with E-state index in [1.54, 1.807) is 0 Å². The summed E-state index contributed by atoms with van der Waals surface area (Å²) in [6.07, 6.45) is 0. The summed E-state index contributed by atoms with van der Waals surface area (Å²) in [7, 11) is 9.87. The van der Waals surface area contributed by atoms with E-state index in [4.69, 9.17) is 17.0 Å². The molecule has 0 unspecified atom stereocenters. The molecule has 0 aliphatic rings. The third kappa shape index (κ3) is 9.66. The summed E-state index contributed by atoms with van der Waals surface area (Å²) in [5.74, 6) is 1.20. The number of rotatable bonds is 2. The molecule has 0 amide bonds. The van der Waals surface area contributed by atoms with Crippen molar-refractivity contribution in [3.8, 4) is 0 Å². The van der Waals surface area contributed by atoms with Crippen LogP contribution in [0.15, 0.2) is 24.3 Å². The van der Waals surface area contributed by atoms with Crippen molar-refractivity contribution in [3.05, 3.63) is 59.7 Å². The van der Waals surface area contributed by atoms with Gasteiger partial charge < -0.3 is 29.8 Å². The fourth-order valence-corrected chi connectivity index (χ4v) is 1.29. The molecular weight excluding hydrogens is 354 g/mol. The van der Waals surface area contributed by atoms with E-state index in [9.17, 15) is 0 Å². The quantitative estimate of drug-likeness (QED) is 0.599. The van der Waals surface area contributed by atoms with E-state index in [-0.39, 0.29) is 0 Å².